The van der Waals surface area contributed by atoms with Gasteiger partial charge in [0.05, 0.1) is 5.69 Å². The normalized spacial score (nSPS) is 18.6. The molecule has 1 aliphatic heterocycles. The molecule has 0 saturated carbocycles. The maximum absolute atomic E-state index is 11.1. The number of hydrogen-bond acceptors (Lipinski definition) is 3. The molecule has 5 nitrogen and oxygen atoms in total. The van der Waals surface area contributed by atoms with E-state index in [1.54, 1.807) is 0 Å². The summed E-state index contributed by atoms with van der Waals surface area (Å²) in [5, 5.41) is 12.7. The summed E-state index contributed by atoms with van der Waals surface area (Å²) in [6.07, 6.45) is 2.96. The van der Waals surface area contributed by atoms with Crippen LogP contribution in [0, 0.1) is 12.8 Å². The number of carboxylic acids is 1. The Bertz CT molecular complexity index is 466. The Labute approximate surface area is 114 Å². The fourth-order valence-corrected chi connectivity index (χ4v) is 2.64. The first-order valence-electron chi connectivity index (χ1n) is 7.01. The summed E-state index contributed by atoms with van der Waals surface area (Å²) in [5.74, 6) is 0.603. The zero-order valence-corrected chi connectivity index (χ0v) is 11.9. The number of carboxylic acid groups (broad SMARTS) is 1. The molecule has 0 spiro atoms. The lowest BCUT2D eigenvalue weighted by Crippen LogP contribution is -2.38. The van der Waals surface area contributed by atoms with E-state index in [1.807, 2.05) is 6.92 Å². The summed E-state index contributed by atoms with van der Waals surface area (Å²) in [4.78, 5) is 15.3. The molecule has 0 saturated heterocycles. The molecule has 0 bridgehead atoms. The molecular formula is C14H23N3O2. The van der Waals surface area contributed by atoms with E-state index in [0.717, 1.165) is 37.4 Å². The minimum absolute atomic E-state index is 0.234. The van der Waals surface area contributed by atoms with Gasteiger partial charge in [0.25, 0.3) is 0 Å². The van der Waals surface area contributed by atoms with E-state index >= 15 is 0 Å². The number of aromatic carboxylic acids is 1. The molecule has 19 heavy (non-hydrogen) atoms. The highest BCUT2D eigenvalue weighted by Crippen LogP contribution is 2.21. The van der Waals surface area contributed by atoms with Crippen molar-refractivity contribution in [2.75, 3.05) is 6.54 Å². The van der Waals surface area contributed by atoms with Gasteiger partial charge in [-0.25, -0.2) is 9.78 Å². The highest BCUT2D eigenvalue weighted by Gasteiger charge is 2.26. The molecule has 0 fully saturated rings. The summed E-state index contributed by atoms with van der Waals surface area (Å²) in [7, 11) is 0. The SMILES string of the molecule is Cc1nc(C(=O)O)c2n1CC(NCCC(C)C)CC2. The fourth-order valence-electron chi connectivity index (χ4n) is 2.64. The highest BCUT2D eigenvalue weighted by molar-refractivity contribution is 5.86. The van der Waals surface area contributed by atoms with Crippen molar-refractivity contribution in [3.05, 3.63) is 17.2 Å². The molecule has 1 atom stereocenters. The van der Waals surface area contributed by atoms with E-state index in [-0.39, 0.29) is 5.69 Å². The largest absolute Gasteiger partial charge is 0.476 e. The average Bonchev–Trinajstić information content (AvgIpc) is 2.66. The number of nitrogens with one attached hydrogen (secondary N) is 1. The van der Waals surface area contributed by atoms with Gasteiger partial charge < -0.3 is 15.0 Å². The van der Waals surface area contributed by atoms with E-state index < -0.39 is 5.97 Å². The smallest absolute Gasteiger partial charge is 0.356 e. The van der Waals surface area contributed by atoms with Crippen LogP contribution in [0.1, 0.15) is 48.7 Å². The van der Waals surface area contributed by atoms with Crippen LogP contribution in [0.25, 0.3) is 0 Å². The van der Waals surface area contributed by atoms with Crippen LogP contribution in [0.15, 0.2) is 0 Å². The predicted octanol–water partition coefficient (Wildman–Crippen LogP) is 1.84. The Morgan fingerprint density at radius 2 is 2.32 bits per heavy atom. The van der Waals surface area contributed by atoms with Crippen LogP contribution in [0.2, 0.25) is 0 Å². The molecule has 1 unspecified atom stereocenters. The van der Waals surface area contributed by atoms with Gasteiger partial charge in [0.2, 0.25) is 0 Å². The van der Waals surface area contributed by atoms with Crippen molar-refractivity contribution in [2.24, 2.45) is 5.92 Å². The molecule has 5 heteroatoms. The van der Waals surface area contributed by atoms with Gasteiger partial charge in [0, 0.05) is 12.6 Å². The molecule has 1 aromatic rings. The number of aromatic nitrogens is 2. The summed E-state index contributed by atoms with van der Waals surface area (Å²) in [6, 6.07) is 0.431. The van der Waals surface area contributed by atoms with Crippen molar-refractivity contribution in [2.45, 2.75) is 52.6 Å². The van der Waals surface area contributed by atoms with Crippen molar-refractivity contribution in [3.63, 3.8) is 0 Å². The van der Waals surface area contributed by atoms with Crippen LogP contribution >= 0.6 is 0 Å². The van der Waals surface area contributed by atoms with E-state index in [0.29, 0.717) is 12.0 Å². The zero-order valence-electron chi connectivity index (χ0n) is 11.9. The second-order valence-electron chi connectivity index (χ2n) is 5.74. The van der Waals surface area contributed by atoms with E-state index in [4.69, 9.17) is 5.11 Å². The van der Waals surface area contributed by atoms with Crippen LogP contribution in [-0.2, 0) is 13.0 Å². The Balaban J connectivity index is 2.02. The first kappa shape index (κ1) is 14.1. The Kier molecular flexibility index (Phi) is 4.24. The molecule has 0 aromatic carbocycles. The lowest BCUT2D eigenvalue weighted by atomic mass is 10.0. The molecule has 2 heterocycles. The summed E-state index contributed by atoms with van der Waals surface area (Å²) >= 11 is 0. The van der Waals surface area contributed by atoms with Crippen LogP contribution in [-0.4, -0.2) is 33.2 Å². The van der Waals surface area contributed by atoms with Crippen molar-refractivity contribution in [3.8, 4) is 0 Å². The van der Waals surface area contributed by atoms with Crippen LogP contribution in [0.3, 0.4) is 0 Å². The summed E-state index contributed by atoms with van der Waals surface area (Å²) < 4.78 is 2.06. The second kappa shape index (κ2) is 5.74. The first-order valence-corrected chi connectivity index (χ1v) is 7.01. The zero-order chi connectivity index (χ0) is 14.0. The molecule has 2 rings (SSSR count). The Hall–Kier alpha value is -1.36. The van der Waals surface area contributed by atoms with Gasteiger partial charge in [-0.05, 0) is 38.6 Å². The Morgan fingerprint density at radius 3 is 2.95 bits per heavy atom. The lowest BCUT2D eigenvalue weighted by molar-refractivity contribution is 0.0689. The van der Waals surface area contributed by atoms with Crippen LogP contribution in [0.4, 0.5) is 0 Å². The summed E-state index contributed by atoms with van der Waals surface area (Å²) in [6.45, 7) is 8.18. The van der Waals surface area contributed by atoms with Gasteiger partial charge in [-0.15, -0.1) is 0 Å². The third-order valence-corrected chi connectivity index (χ3v) is 3.75. The van der Waals surface area contributed by atoms with Gasteiger partial charge in [-0.2, -0.15) is 0 Å². The highest BCUT2D eigenvalue weighted by atomic mass is 16.4. The lowest BCUT2D eigenvalue weighted by Gasteiger charge is -2.26. The topological polar surface area (TPSA) is 67.1 Å². The first-order chi connectivity index (χ1) is 8.99. The standard InChI is InChI=1S/C14H23N3O2/c1-9(2)6-7-15-11-4-5-12-13(14(18)19)16-10(3)17(12)8-11/h9,11,15H,4-8H2,1-3H3,(H,18,19). The molecule has 0 amide bonds. The molecule has 0 radical (unpaired) electrons. The van der Waals surface area contributed by atoms with Crippen molar-refractivity contribution in [1.82, 2.24) is 14.9 Å². The van der Waals surface area contributed by atoms with Gasteiger partial charge >= 0.3 is 5.97 Å². The number of hydrogen-bond donors (Lipinski definition) is 2. The van der Waals surface area contributed by atoms with E-state index in [9.17, 15) is 4.79 Å². The number of aryl methyl sites for hydroxylation is 1. The maximum atomic E-state index is 11.1. The van der Waals surface area contributed by atoms with E-state index in [1.165, 1.54) is 6.42 Å². The van der Waals surface area contributed by atoms with E-state index in [2.05, 4.69) is 28.7 Å². The average molecular weight is 265 g/mol. The minimum Gasteiger partial charge on any atom is -0.476 e. The number of rotatable bonds is 5. The predicted molar refractivity (Wildman–Crippen MR) is 73.5 cm³/mol. The van der Waals surface area contributed by atoms with Gasteiger partial charge in [-0.1, -0.05) is 13.8 Å². The number of fused-ring (bicyclic) bond motifs is 1. The number of imidazole rings is 1. The molecule has 0 aliphatic carbocycles. The monoisotopic (exact) mass is 265 g/mol. The number of nitrogens with zero attached hydrogens (tertiary/aromatic N) is 2. The molecule has 1 aliphatic rings. The second-order valence-corrected chi connectivity index (χ2v) is 5.74. The third kappa shape index (κ3) is 3.15. The van der Waals surface area contributed by atoms with Gasteiger partial charge in [-0.3, -0.25) is 0 Å². The van der Waals surface area contributed by atoms with Crippen molar-refractivity contribution >= 4 is 5.97 Å². The Morgan fingerprint density at radius 1 is 1.58 bits per heavy atom. The summed E-state index contributed by atoms with van der Waals surface area (Å²) in [5.41, 5.74) is 1.12. The minimum atomic E-state index is -0.914. The molecule has 106 valence electrons. The number of carbonyl (C=O) groups is 1. The van der Waals surface area contributed by atoms with Crippen LogP contribution < -0.4 is 5.32 Å². The fraction of sp³-hybridized carbons (Fsp3) is 0.714. The third-order valence-electron chi connectivity index (χ3n) is 3.75. The van der Waals surface area contributed by atoms with Gasteiger partial charge in [0.15, 0.2) is 5.69 Å². The quantitative estimate of drug-likeness (QED) is 0.852. The molecule has 1 aromatic heterocycles. The molecular weight excluding hydrogens is 242 g/mol. The van der Waals surface area contributed by atoms with Crippen molar-refractivity contribution in [1.29, 1.82) is 0 Å². The van der Waals surface area contributed by atoms with Crippen molar-refractivity contribution < 1.29 is 9.90 Å². The molecule has 2 N–H and O–H groups in total. The van der Waals surface area contributed by atoms with Crippen LogP contribution in [0.5, 0.6) is 0 Å². The maximum Gasteiger partial charge on any atom is 0.356 e. The van der Waals surface area contributed by atoms with Gasteiger partial charge in [0.1, 0.15) is 5.82 Å².